The summed E-state index contributed by atoms with van der Waals surface area (Å²) in [5.41, 5.74) is -0.890. The molecule has 0 bridgehead atoms. The number of carbonyl (C=O) groups excluding carboxylic acids is 1. The standard InChI is InChI=1S/C9H17NO4/c1-6(7(11)12)10(5)8(13)14-9(2,3)4/h6H,1-5H3,(H,11,12)/i5D3. The van der Waals surface area contributed by atoms with Crippen LogP contribution in [0.4, 0.5) is 4.79 Å². The molecule has 0 aliphatic rings. The molecule has 1 unspecified atom stereocenters. The molecule has 0 rings (SSSR count). The van der Waals surface area contributed by atoms with Crippen LogP contribution in [0.5, 0.6) is 0 Å². The lowest BCUT2D eigenvalue weighted by molar-refractivity contribution is -0.141. The first-order chi connectivity index (χ1) is 7.36. The molecule has 0 heterocycles. The number of rotatable bonds is 2. The van der Waals surface area contributed by atoms with Crippen LogP contribution in [0.2, 0.25) is 0 Å². The number of carboxylic acid groups (broad SMARTS) is 1. The predicted molar refractivity (Wildman–Crippen MR) is 51.1 cm³/mol. The van der Waals surface area contributed by atoms with Crippen LogP contribution in [-0.4, -0.2) is 40.7 Å². The van der Waals surface area contributed by atoms with Crippen LogP contribution in [-0.2, 0) is 9.53 Å². The predicted octanol–water partition coefficient (Wildman–Crippen LogP) is 1.33. The van der Waals surface area contributed by atoms with E-state index in [2.05, 4.69) is 0 Å². The first-order valence-electron chi connectivity index (χ1n) is 5.61. The Kier molecular flexibility index (Phi) is 2.48. The Morgan fingerprint density at radius 3 is 2.29 bits per heavy atom. The van der Waals surface area contributed by atoms with Crippen LogP contribution in [0.15, 0.2) is 0 Å². The number of carbonyl (C=O) groups is 2. The normalized spacial score (nSPS) is 17.3. The van der Waals surface area contributed by atoms with E-state index in [0.717, 1.165) is 6.92 Å². The van der Waals surface area contributed by atoms with Gasteiger partial charge in [0, 0.05) is 11.1 Å². The highest BCUT2D eigenvalue weighted by atomic mass is 16.6. The molecule has 82 valence electrons. The third-order valence-electron chi connectivity index (χ3n) is 1.33. The summed E-state index contributed by atoms with van der Waals surface area (Å²) in [6.07, 6.45) is -1.17. The number of likely N-dealkylation sites (N-methyl/N-ethyl adjacent to an activating group) is 1. The molecule has 0 aromatic heterocycles. The first-order valence-corrected chi connectivity index (χ1v) is 4.11. The van der Waals surface area contributed by atoms with Gasteiger partial charge >= 0.3 is 12.1 Å². The Morgan fingerprint density at radius 2 is 2.00 bits per heavy atom. The summed E-state index contributed by atoms with van der Waals surface area (Å²) in [5, 5.41) is 8.76. The smallest absolute Gasteiger partial charge is 0.410 e. The number of ether oxygens (including phenoxy) is 1. The molecule has 0 fully saturated rings. The van der Waals surface area contributed by atoms with E-state index in [-0.39, 0.29) is 4.90 Å². The lowest BCUT2D eigenvalue weighted by atomic mass is 10.2. The van der Waals surface area contributed by atoms with Crippen molar-refractivity contribution in [2.24, 2.45) is 0 Å². The van der Waals surface area contributed by atoms with Gasteiger partial charge in [-0.25, -0.2) is 9.59 Å². The number of hydrogen-bond acceptors (Lipinski definition) is 3. The van der Waals surface area contributed by atoms with Crippen LogP contribution in [0.25, 0.3) is 0 Å². The van der Waals surface area contributed by atoms with Gasteiger partial charge in [0.05, 0.1) is 0 Å². The first kappa shape index (κ1) is 8.08. The van der Waals surface area contributed by atoms with Gasteiger partial charge in [0.15, 0.2) is 0 Å². The van der Waals surface area contributed by atoms with Crippen LogP contribution in [0, 0.1) is 0 Å². The molecule has 0 aliphatic heterocycles. The van der Waals surface area contributed by atoms with Crippen molar-refractivity contribution in [2.75, 3.05) is 6.98 Å². The minimum absolute atomic E-state index is 0.237. The van der Waals surface area contributed by atoms with Crippen molar-refractivity contribution in [1.82, 2.24) is 4.90 Å². The highest BCUT2D eigenvalue weighted by molar-refractivity contribution is 5.79. The molecule has 14 heavy (non-hydrogen) atoms. The summed E-state index contributed by atoms with van der Waals surface area (Å²) >= 11 is 0. The van der Waals surface area contributed by atoms with Crippen molar-refractivity contribution in [3.63, 3.8) is 0 Å². The zero-order chi connectivity index (χ0) is 14.0. The average Bonchev–Trinajstić information content (AvgIpc) is 1.96. The Balaban J connectivity index is 5.09. The maximum atomic E-state index is 11.6. The Labute approximate surface area is 87.9 Å². The molecular weight excluding hydrogens is 186 g/mol. The Hall–Kier alpha value is -1.26. The van der Waals surface area contributed by atoms with E-state index in [0.29, 0.717) is 0 Å². The Morgan fingerprint density at radius 1 is 1.50 bits per heavy atom. The molecule has 0 radical (unpaired) electrons. The van der Waals surface area contributed by atoms with Crippen molar-refractivity contribution in [3.8, 4) is 0 Å². The minimum atomic E-state index is -2.86. The molecule has 0 saturated carbocycles. The SMILES string of the molecule is [2H]C([2H])([2H])N(C(=O)OC(C)(C)C)C(C)C(=O)O. The average molecular weight is 206 g/mol. The van der Waals surface area contributed by atoms with E-state index in [4.69, 9.17) is 14.0 Å². The third-order valence-corrected chi connectivity index (χ3v) is 1.33. The van der Waals surface area contributed by atoms with Gasteiger partial charge in [-0.3, -0.25) is 4.90 Å². The molecule has 0 aromatic rings. The largest absolute Gasteiger partial charge is 0.480 e. The number of amides is 1. The fourth-order valence-corrected chi connectivity index (χ4v) is 0.580. The van der Waals surface area contributed by atoms with Crippen LogP contribution in [0.1, 0.15) is 31.8 Å². The van der Waals surface area contributed by atoms with E-state index in [1.807, 2.05) is 0 Å². The molecular formula is C9H17NO4. The summed E-state index contributed by atoms with van der Waals surface area (Å²) in [6, 6.07) is -1.49. The van der Waals surface area contributed by atoms with Gasteiger partial charge in [-0.05, 0) is 27.7 Å². The quantitative estimate of drug-likeness (QED) is 0.740. The highest BCUT2D eigenvalue weighted by Gasteiger charge is 2.26. The third kappa shape index (κ3) is 4.11. The molecule has 0 spiro atoms. The monoisotopic (exact) mass is 206 g/mol. The topological polar surface area (TPSA) is 66.8 Å². The van der Waals surface area contributed by atoms with Gasteiger partial charge in [-0.15, -0.1) is 0 Å². The lowest BCUT2D eigenvalue weighted by Crippen LogP contribution is -2.43. The summed E-state index contributed by atoms with van der Waals surface area (Å²) < 4.78 is 26.3. The zero-order valence-corrected chi connectivity index (χ0v) is 8.70. The number of carboxylic acids is 1. The fourth-order valence-electron chi connectivity index (χ4n) is 0.580. The molecule has 0 saturated heterocycles. The molecule has 0 aliphatic carbocycles. The second-order valence-corrected chi connectivity index (χ2v) is 3.86. The van der Waals surface area contributed by atoms with E-state index < -0.39 is 30.7 Å². The second kappa shape index (κ2) is 4.30. The maximum absolute atomic E-state index is 11.6. The number of hydrogen-bond donors (Lipinski definition) is 1. The maximum Gasteiger partial charge on any atom is 0.410 e. The van der Waals surface area contributed by atoms with Crippen LogP contribution in [0.3, 0.4) is 0 Å². The summed E-state index contributed by atoms with van der Waals surface area (Å²) in [6.45, 7) is 2.94. The van der Waals surface area contributed by atoms with Crippen molar-refractivity contribution in [2.45, 2.75) is 39.3 Å². The summed E-state index contributed by atoms with van der Waals surface area (Å²) in [4.78, 5) is 22.6. The van der Waals surface area contributed by atoms with Crippen molar-refractivity contribution >= 4 is 12.1 Å². The molecule has 1 amide bonds. The van der Waals surface area contributed by atoms with Gasteiger partial charge in [0.25, 0.3) is 0 Å². The summed E-state index contributed by atoms with van der Waals surface area (Å²) in [5.74, 6) is -1.41. The molecule has 1 N–H and O–H groups in total. The van der Waals surface area contributed by atoms with Crippen molar-refractivity contribution in [1.29, 1.82) is 0 Å². The van der Waals surface area contributed by atoms with Gasteiger partial charge in [0.2, 0.25) is 0 Å². The van der Waals surface area contributed by atoms with Crippen molar-refractivity contribution < 1.29 is 23.5 Å². The van der Waals surface area contributed by atoms with E-state index in [9.17, 15) is 9.59 Å². The van der Waals surface area contributed by atoms with Crippen molar-refractivity contribution in [3.05, 3.63) is 0 Å². The van der Waals surface area contributed by atoms with Crippen LogP contribution < -0.4 is 0 Å². The Bertz CT molecular complexity index is 308. The molecule has 1 atom stereocenters. The van der Waals surface area contributed by atoms with E-state index >= 15 is 0 Å². The summed E-state index contributed by atoms with van der Waals surface area (Å²) in [7, 11) is 0. The van der Waals surface area contributed by atoms with E-state index in [1.165, 1.54) is 0 Å². The van der Waals surface area contributed by atoms with Gasteiger partial charge < -0.3 is 9.84 Å². The van der Waals surface area contributed by atoms with Gasteiger partial charge in [-0.2, -0.15) is 0 Å². The second-order valence-electron chi connectivity index (χ2n) is 3.86. The molecule has 5 heteroatoms. The molecule has 0 aromatic carbocycles. The zero-order valence-electron chi connectivity index (χ0n) is 11.7. The van der Waals surface area contributed by atoms with Gasteiger partial charge in [-0.1, -0.05) is 0 Å². The van der Waals surface area contributed by atoms with Crippen LogP contribution >= 0.6 is 0 Å². The molecule has 5 nitrogen and oxygen atoms in total. The van der Waals surface area contributed by atoms with E-state index in [1.54, 1.807) is 20.8 Å². The minimum Gasteiger partial charge on any atom is -0.480 e. The van der Waals surface area contributed by atoms with Gasteiger partial charge in [0.1, 0.15) is 11.6 Å². The fraction of sp³-hybridized carbons (Fsp3) is 0.778. The lowest BCUT2D eigenvalue weighted by Gasteiger charge is -2.26. The highest BCUT2D eigenvalue weighted by Crippen LogP contribution is 2.10. The number of aliphatic carboxylic acids is 1. The number of nitrogens with zero attached hydrogens (tertiary/aromatic N) is 1.